The van der Waals surface area contributed by atoms with Gasteiger partial charge in [0.05, 0.1) is 24.4 Å². The highest BCUT2D eigenvalue weighted by atomic mass is 32.1. The molecule has 0 amide bonds. The van der Waals surface area contributed by atoms with Crippen molar-refractivity contribution in [2.75, 3.05) is 11.9 Å². The monoisotopic (exact) mass is 400 g/mol. The minimum atomic E-state index is -0.369. The molecule has 140 valence electrons. The maximum Gasteiger partial charge on any atom is 0.341 e. The molecule has 6 nitrogen and oxygen atoms in total. The van der Waals surface area contributed by atoms with Crippen molar-refractivity contribution in [1.29, 1.82) is 0 Å². The number of thiocarbonyl (C=S) groups is 1. The lowest BCUT2D eigenvalue weighted by atomic mass is 10.1. The Kier molecular flexibility index (Phi) is 6.20. The predicted octanol–water partition coefficient (Wildman–Crippen LogP) is 3.81. The minimum Gasteiger partial charge on any atom is -0.462 e. The molecule has 0 unspecified atom stereocenters. The smallest absolute Gasteiger partial charge is 0.341 e. The second-order valence-corrected chi connectivity index (χ2v) is 7.19. The van der Waals surface area contributed by atoms with Gasteiger partial charge in [0.25, 0.3) is 0 Å². The molecule has 0 aliphatic heterocycles. The Hall–Kier alpha value is -2.71. The fourth-order valence-electron chi connectivity index (χ4n) is 2.46. The zero-order valence-corrected chi connectivity index (χ0v) is 16.7. The Morgan fingerprint density at radius 1 is 1.30 bits per heavy atom. The lowest BCUT2D eigenvalue weighted by molar-refractivity contribution is 0.0528. The second-order valence-electron chi connectivity index (χ2n) is 5.73. The van der Waals surface area contributed by atoms with Crippen LogP contribution in [0.1, 0.15) is 23.0 Å². The number of carbonyl (C=O) groups is 1. The zero-order valence-electron chi connectivity index (χ0n) is 15.1. The molecule has 3 rings (SSSR count). The largest absolute Gasteiger partial charge is 0.462 e. The summed E-state index contributed by atoms with van der Waals surface area (Å²) in [5.41, 5.74) is 2.39. The SMILES string of the molecule is CCOC(=O)c1cc(-c2ccccc2)sc1NC(=S)NCc1ccn(C)n1. The summed E-state index contributed by atoms with van der Waals surface area (Å²) >= 11 is 6.84. The van der Waals surface area contributed by atoms with Crippen molar-refractivity contribution in [3.8, 4) is 10.4 Å². The van der Waals surface area contributed by atoms with Gasteiger partial charge < -0.3 is 15.4 Å². The number of hydrogen-bond acceptors (Lipinski definition) is 5. The predicted molar refractivity (Wildman–Crippen MR) is 112 cm³/mol. The van der Waals surface area contributed by atoms with E-state index in [1.807, 2.05) is 55.7 Å². The van der Waals surface area contributed by atoms with Gasteiger partial charge in [0, 0.05) is 18.1 Å². The van der Waals surface area contributed by atoms with Crippen LogP contribution in [0.2, 0.25) is 0 Å². The summed E-state index contributed by atoms with van der Waals surface area (Å²) < 4.78 is 6.92. The van der Waals surface area contributed by atoms with Crippen LogP contribution in [-0.2, 0) is 18.3 Å². The van der Waals surface area contributed by atoms with Gasteiger partial charge in [0.1, 0.15) is 5.00 Å². The van der Waals surface area contributed by atoms with E-state index >= 15 is 0 Å². The molecule has 0 radical (unpaired) electrons. The number of aryl methyl sites for hydroxylation is 1. The molecule has 3 aromatic rings. The number of hydrogen-bond donors (Lipinski definition) is 2. The highest BCUT2D eigenvalue weighted by molar-refractivity contribution is 7.80. The average molecular weight is 401 g/mol. The summed E-state index contributed by atoms with van der Waals surface area (Å²) in [6, 6.07) is 13.6. The van der Waals surface area contributed by atoms with Crippen molar-refractivity contribution in [2.45, 2.75) is 13.5 Å². The van der Waals surface area contributed by atoms with Crippen LogP contribution in [0.25, 0.3) is 10.4 Å². The van der Waals surface area contributed by atoms with Gasteiger partial charge in [-0.3, -0.25) is 4.68 Å². The van der Waals surface area contributed by atoms with Crippen LogP contribution in [-0.4, -0.2) is 27.5 Å². The number of carbonyl (C=O) groups excluding carboxylic acids is 1. The number of aromatic nitrogens is 2. The number of anilines is 1. The van der Waals surface area contributed by atoms with E-state index in [0.717, 1.165) is 16.1 Å². The summed E-state index contributed by atoms with van der Waals surface area (Å²) in [5.74, 6) is -0.369. The third-order valence-corrected chi connectivity index (χ3v) is 5.06. The minimum absolute atomic E-state index is 0.317. The van der Waals surface area contributed by atoms with Gasteiger partial charge in [-0.15, -0.1) is 11.3 Å². The van der Waals surface area contributed by atoms with Gasteiger partial charge in [-0.1, -0.05) is 30.3 Å². The molecule has 2 aromatic heterocycles. The number of esters is 1. The molecular formula is C19H20N4O2S2. The normalized spacial score (nSPS) is 10.4. The topological polar surface area (TPSA) is 68.2 Å². The molecule has 1 aromatic carbocycles. The van der Waals surface area contributed by atoms with Crippen molar-refractivity contribution < 1.29 is 9.53 Å². The maximum atomic E-state index is 12.3. The van der Waals surface area contributed by atoms with E-state index in [1.165, 1.54) is 11.3 Å². The van der Waals surface area contributed by atoms with E-state index in [4.69, 9.17) is 17.0 Å². The van der Waals surface area contributed by atoms with E-state index in [1.54, 1.807) is 11.6 Å². The average Bonchev–Trinajstić information content (AvgIpc) is 3.27. The first-order chi connectivity index (χ1) is 13.1. The summed E-state index contributed by atoms with van der Waals surface area (Å²) in [6.45, 7) is 2.60. The van der Waals surface area contributed by atoms with Gasteiger partial charge in [0.2, 0.25) is 0 Å². The molecule has 2 N–H and O–H groups in total. The molecule has 0 saturated heterocycles. The molecule has 0 fully saturated rings. The number of nitrogens with one attached hydrogen (secondary N) is 2. The lowest BCUT2D eigenvalue weighted by Gasteiger charge is -2.09. The van der Waals surface area contributed by atoms with Crippen LogP contribution in [0.4, 0.5) is 5.00 Å². The highest BCUT2D eigenvalue weighted by Crippen LogP contribution is 2.35. The Labute approximate surface area is 167 Å². The number of nitrogens with zero attached hydrogens (tertiary/aromatic N) is 2. The highest BCUT2D eigenvalue weighted by Gasteiger charge is 2.19. The van der Waals surface area contributed by atoms with Gasteiger partial charge in [0.15, 0.2) is 5.11 Å². The molecular weight excluding hydrogens is 380 g/mol. The third kappa shape index (κ3) is 4.93. The molecule has 27 heavy (non-hydrogen) atoms. The molecule has 2 heterocycles. The van der Waals surface area contributed by atoms with Crippen molar-refractivity contribution >= 4 is 39.6 Å². The van der Waals surface area contributed by atoms with Crippen molar-refractivity contribution in [1.82, 2.24) is 15.1 Å². The van der Waals surface area contributed by atoms with Crippen molar-refractivity contribution in [3.05, 3.63) is 59.9 Å². The fraction of sp³-hybridized carbons (Fsp3) is 0.211. The first-order valence-electron chi connectivity index (χ1n) is 8.46. The van der Waals surface area contributed by atoms with E-state index in [0.29, 0.717) is 28.8 Å². The van der Waals surface area contributed by atoms with Crippen LogP contribution < -0.4 is 10.6 Å². The Balaban J connectivity index is 1.76. The fourth-order valence-corrected chi connectivity index (χ4v) is 3.76. The summed E-state index contributed by atoms with van der Waals surface area (Å²) in [4.78, 5) is 13.3. The van der Waals surface area contributed by atoms with Crippen molar-refractivity contribution in [3.63, 3.8) is 0 Å². The zero-order chi connectivity index (χ0) is 19.2. The lowest BCUT2D eigenvalue weighted by Crippen LogP contribution is -2.28. The van der Waals surface area contributed by atoms with Crippen molar-refractivity contribution in [2.24, 2.45) is 7.05 Å². The standard InChI is InChI=1S/C19H20N4O2S2/c1-3-25-18(24)15-11-16(13-7-5-4-6-8-13)27-17(15)21-19(26)20-12-14-9-10-23(2)22-14/h4-11H,3,12H2,1-2H3,(H2,20,21,26). The van der Waals surface area contributed by atoms with Gasteiger partial charge in [-0.25, -0.2) is 4.79 Å². The first kappa shape index (κ1) is 19.1. The van der Waals surface area contributed by atoms with Crippen LogP contribution in [0.3, 0.4) is 0 Å². The Morgan fingerprint density at radius 3 is 2.74 bits per heavy atom. The molecule has 0 bridgehead atoms. The number of benzene rings is 1. The van der Waals surface area contributed by atoms with Crippen LogP contribution in [0, 0.1) is 0 Å². The van der Waals surface area contributed by atoms with Gasteiger partial charge >= 0.3 is 5.97 Å². The molecule has 0 aliphatic rings. The van der Waals surface area contributed by atoms with Crippen LogP contribution in [0.15, 0.2) is 48.7 Å². The number of ether oxygens (including phenoxy) is 1. The molecule has 0 spiro atoms. The van der Waals surface area contributed by atoms with E-state index < -0.39 is 0 Å². The number of thiophene rings is 1. The quantitative estimate of drug-likeness (QED) is 0.484. The van der Waals surface area contributed by atoms with E-state index in [9.17, 15) is 4.79 Å². The number of rotatable bonds is 6. The Bertz CT molecular complexity index is 934. The Morgan fingerprint density at radius 2 is 2.07 bits per heavy atom. The summed E-state index contributed by atoms with van der Waals surface area (Å²) in [6.07, 6.45) is 1.87. The molecule has 8 heteroatoms. The van der Waals surface area contributed by atoms with Gasteiger partial charge in [-0.05, 0) is 36.8 Å². The summed E-state index contributed by atoms with van der Waals surface area (Å²) in [5, 5.41) is 11.6. The third-order valence-electron chi connectivity index (χ3n) is 3.71. The van der Waals surface area contributed by atoms with E-state index in [2.05, 4.69) is 15.7 Å². The first-order valence-corrected chi connectivity index (χ1v) is 9.69. The second kappa shape index (κ2) is 8.79. The van der Waals surface area contributed by atoms with E-state index in [-0.39, 0.29) is 5.97 Å². The molecule has 0 atom stereocenters. The molecule has 0 saturated carbocycles. The maximum absolute atomic E-state index is 12.3. The molecule has 0 aliphatic carbocycles. The van der Waals surface area contributed by atoms with Gasteiger partial charge in [-0.2, -0.15) is 5.10 Å². The summed E-state index contributed by atoms with van der Waals surface area (Å²) in [7, 11) is 1.86. The van der Waals surface area contributed by atoms with Crippen LogP contribution >= 0.6 is 23.6 Å². The van der Waals surface area contributed by atoms with Crippen LogP contribution in [0.5, 0.6) is 0 Å².